The van der Waals surface area contributed by atoms with Crippen LogP contribution in [0.25, 0.3) is 0 Å². The summed E-state index contributed by atoms with van der Waals surface area (Å²) < 4.78 is 141. The average Bonchev–Trinajstić information content (AvgIpc) is 0.792. The van der Waals surface area contributed by atoms with E-state index in [0.29, 0.717) is 279 Å². The van der Waals surface area contributed by atoms with E-state index in [9.17, 15) is 40.8 Å². The van der Waals surface area contributed by atoms with Gasteiger partial charge in [-0.05, 0) is 136 Å². The molecule has 0 aliphatic rings. The third-order valence-electron chi connectivity index (χ3n) is 18.4. The van der Waals surface area contributed by atoms with Gasteiger partial charge < -0.3 is 81.8 Å². The van der Waals surface area contributed by atoms with Gasteiger partial charge >= 0.3 is 0 Å². The fourth-order valence-corrected chi connectivity index (χ4v) is 14.6. The minimum absolute atomic E-state index is 0.0108. The Morgan fingerprint density at radius 1 is 0.379 bits per heavy atom. The molecule has 36 nitrogen and oxygen atoms in total. The zero-order chi connectivity index (χ0) is 88.9. The summed E-state index contributed by atoms with van der Waals surface area (Å²) in [5.41, 5.74) is 15.9. The molecule has 124 heavy (non-hydrogen) atoms. The number of hydrogen-bond acceptors (Lipinski definition) is 27. The molecule has 0 atom stereocenters. The number of carbonyl (C=O) groups is 5. The molecular formula is C86H130N12O24S2+2. The molecule has 0 saturated heterocycles. The molecule has 0 aliphatic carbocycles. The van der Waals surface area contributed by atoms with Crippen LogP contribution in [0.5, 0.6) is 0 Å². The summed E-state index contributed by atoms with van der Waals surface area (Å²) in [6, 6.07) is 26.1. The Bertz CT molecular complexity index is 4240. The largest absolute Gasteiger partial charge is 0.378 e. The number of hydrogen-bond donors (Lipinski definition) is 8. The number of ether oxygens (including phenoxy) is 14. The van der Waals surface area contributed by atoms with Crippen LogP contribution in [0.4, 0.5) is 34.1 Å². The van der Waals surface area contributed by atoms with E-state index in [4.69, 9.17) is 71.2 Å². The number of anilines is 6. The van der Waals surface area contributed by atoms with Crippen LogP contribution in [0.1, 0.15) is 90.5 Å². The van der Waals surface area contributed by atoms with Crippen molar-refractivity contribution < 1.29 is 121 Å². The topological polar surface area (TPSA) is 403 Å². The average molecular weight is 1780 g/mol. The second-order valence-electron chi connectivity index (χ2n) is 28.1. The molecule has 4 aromatic carbocycles. The van der Waals surface area contributed by atoms with Crippen molar-refractivity contribution in [3.05, 3.63) is 155 Å². The molecule has 5 amide bonds. The summed E-state index contributed by atoms with van der Waals surface area (Å²) in [6.07, 6.45) is 13.8. The Labute approximate surface area is 729 Å². The molecule has 6 rings (SSSR count). The third kappa shape index (κ3) is 43.3. The number of hydrazine groups is 2. The van der Waals surface area contributed by atoms with Crippen LogP contribution < -0.4 is 50.9 Å². The zero-order valence-electron chi connectivity index (χ0n) is 72.6. The van der Waals surface area contributed by atoms with E-state index in [0.717, 1.165) is 50.6 Å². The third-order valence-corrected chi connectivity index (χ3v) is 21.5. The summed E-state index contributed by atoms with van der Waals surface area (Å²) in [4.78, 5) is 70.0. The Morgan fingerprint density at radius 3 is 1.07 bits per heavy atom. The molecule has 6 aromatic rings. The lowest BCUT2D eigenvalue weighted by molar-refractivity contribution is -0.684. The van der Waals surface area contributed by atoms with E-state index >= 15 is 0 Å². The van der Waals surface area contributed by atoms with E-state index in [1.807, 2.05) is 23.4 Å². The van der Waals surface area contributed by atoms with Crippen LogP contribution >= 0.6 is 0 Å². The molecule has 0 spiro atoms. The second kappa shape index (κ2) is 63.0. The number of aromatic nitrogens is 2. The SMILES string of the molecule is CCCCCN(CCOCCOCCOCCOCCOCCOCCOCCOCCOCCOCCOCCOCCOCCOCCN(CCCCC)C(=O)c1ccc[n+](CC(=O)Nc2c(C)ccc(S(=O)(=O)Nc3ccc(NNC=O)cc3)c2C)c1)OCc1ccc[n+](CC(=O)Nc2c(C)ccc(S(=O)(=O)Nc3ccc(NNC=O)cc3)c2C)c1. The fraction of sp³-hybridized carbons (Fsp3) is 0.547. The van der Waals surface area contributed by atoms with Crippen molar-refractivity contribution in [1.82, 2.24) is 20.8 Å². The van der Waals surface area contributed by atoms with E-state index in [-0.39, 0.29) is 41.3 Å². The number of unbranched alkanes of at least 4 members (excludes halogenated alkanes) is 4. The van der Waals surface area contributed by atoms with Crippen molar-refractivity contribution in [2.45, 2.75) is 110 Å². The number of amides is 5. The summed E-state index contributed by atoms with van der Waals surface area (Å²) in [5, 5.41) is 7.72. The van der Waals surface area contributed by atoms with Gasteiger partial charge in [0.25, 0.3) is 37.8 Å². The molecular weight excluding hydrogens is 1650 g/mol. The van der Waals surface area contributed by atoms with E-state index in [1.54, 1.807) is 133 Å². The van der Waals surface area contributed by atoms with Gasteiger partial charge in [0.1, 0.15) is 5.56 Å². The van der Waals surface area contributed by atoms with Gasteiger partial charge in [0.05, 0.1) is 213 Å². The van der Waals surface area contributed by atoms with Gasteiger partial charge in [-0.2, -0.15) is 14.2 Å². The highest BCUT2D eigenvalue weighted by Gasteiger charge is 2.26. The number of sulfonamides is 2. The monoisotopic (exact) mass is 1780 g/mol. The molecule has 0 fully saturated rings. The molecule has 0 radical (unpaired) electrons. The number of carbonyl (C=O) groups excluding carboxylic acids is 5. The molecule has 0 saturated carbocycles. The van der Waals surface area contributed by atoms with Gasteiger partial charge in [-0.25, -0.2) is 16.8 Å². The molecule has 2 heterocycles. The lowest BCUT2D eigenvalue weighted by atomic mass is 10.1. The number of rotatable bonds is 75. The van der Waals surface area contributed by atoms with Crippen LogP contribution in [-0.4, -0.2) is 269 Å². The quantitative estimate of drug-likeness (QED) is 0.00823. The minimum atomic E-state index is -4.06. The number of hydroxylamine groups is 2. The number of aryl methyl sites for hydroxylation is 2. The molecule has 38 heteroatoms. The van der Waals surface area contributed by atoms with Gasteiger partial charge in [-0.3, -0.25) is 60.0 Å². The maximum atomic E-state index is 13.9. The molecule has 0 bridgehead atoms. The summed E-state index contributed by atoms with van der Waals surface area (Å²) in [6.45, 7) is 25.3. The van der Waals surface area contributed by atoms with Crippen molar-refractivity contribution in [1.29, 1.82) is 0 Å². The second-order valence-corrected chi connectivity index (χ2v) is 31.4. The predicted octanol–water partition coefficient (Wildman–Crippen LogP) is 7.01. The highest BCUT2D eigenvalue weighted by Crippen LogP contribution is 2.31. The first-order chi connectivity index (χ1) is 60.3. The lowest BCUT2D eigenvalue weighted by Gasteiger charge is -2.22. The molecule has 2 aromatic heterocycles. The van der Waals surface area contributed by atoms with Gasteiger partial charge in [0.2, 0.25) is 25.9 Å². The summed E-state index contributed by atoms with van der Waals surface area (Å²) >= 11 is 0. The first-order valence-corrected chi connectivity index (χ1v) is 45.0. The zero-order valence-corrected chi connectivity index (χ0v) is 74.2. The number of pyridine rings is 2. The van der Waals surface area contributed by atoms with Crippen molar-refractivity contribution in [2.24, 2.45) is 0 Å². The van der Waals surface area contributed by atoms with Crippen LogP contribution in [0.2, 0.25) is 0 Å². The van der Waals surface area contributed by atoms with E-state index < -0.39 is 26.0 Å². The number of nitrogens with one attached hydrogen (secondary N) is 8. The minimum Gasteiger partial charge on any atom is -0.378 e. The highest BCUT2D eigenvalue weighted by molar-refractivity contribution is 7.93. The van der Waals surface area contributed by atoms with Gasteiger partial charge in [-0.1, -0.05) is 51.7 Å². The Kier molecular flexibility index (Phi) is 52.7. The highest BCUT2D eigenvalue weighted by atomic mass is 32.2. The van der Waals surface area contributed by atoms with E-state index in [1.165, 1.54) is 12.1 Å². The predicted molar refractivity (Wildman–Crippen MR) is 465 cm³/mol. The molecule has 8 N–H and O–H groups in total. The Balaban J connectivity index is 0.654. The van der Waals surface area contributed by atoms with Crippen molar-refractivity contribution >= 4 is 84.7 Å². The first kappa shape index (κ1) is 104. The smallest absolute Gasteiger partial charge is 0.290 e. The normalized spacial score (nSPS) is 11.5. The number of benzene rings is 4. The van der Waals surface area contributed by atoms with Gasteiger partial charge in [-0.15, -0.1) is 0 Å². The van der Waals surface area contributed by atoms with Crippen molar-refractivity contribution in [3.63, 3.8) is 0 Å². The fourth-order valence-electron chi connectivity index (χ4n) is 12.0. The van der Waals surface area contributed by atoms with Crippen LogP contribution in [0, 0.1) is 27.7 Å². The summed E-state index contributed by atoms with van der Waals surface area (Å²) in [7, 11) is -8.09. The molecule has 688 valence electrons. The number of nitrogens with zero attached hydrogens (tertiary/aromatic N) is 4. The van der Waals surface area contributed by atoms with Gasteiger partial charge in [0, 0.05) is 66.6 Å². The van der Waals surface area contributed by atoms with Gasteiger partial charge in [0.15, 0.2) is 24.8 Å². The molecule has 0 aliphatic heterocycles. The van der Waals surface area contributed by atoms with Crippen molar-refractivity contribution in [2.75, 3.05) is 242 Å². The summed E-state index contributed by atoms with van der Waals surface area (Å²) in [5.74, 6) is -0.933. The maximum Gasteiger partial charge on any atom is 0.290 e. The first-order valence-electron chi connectivity index (χ1n) is 42.0. The van der Waals surface area contributed by atoms with E-state index in [2.05, 4.69) is 55.6 Å². The maximum absolute atomic E-state index is 13.9. The Hall–Kier alpha value is -9.01. The van der Waals surface area contributed by atoms with Crippen LogP contribution in [0.15, 0.2) is 132 Å². The van der Waals surface area contributed by atoms with Crippen molar-refractivity contribution in [3.8, 4) is 0 Å². The lowest BCUT2D eigenvalue weighted by Crippen LogP contribution is -2.42. The van der Waals surface area contributed by atoms with Crippen LogP contribution in [-0.2, 0) is 130 Å². The van der Waals surface area contributed by atoms with Crippen LogP contribution in [0.3, 0.4) is 0 Å². The molecule has 0 unspecified atom stereocenters. The Morgan fingerprint density at radius 2 is 0.710 bits per heavy atom. The standard InChI is InChI=1S/C86H128N12O24S2/c1-7-9-11-31-97(86(103)75-16-14-30-96(64-75)66-83(102)90-85-71(4)18-28-81(73(85)6)124(106,107)94-79-25-21-77(22-26-79)92-88-69-100)33-35-108-37-39-110-41-43-112-45-47-114-49-51-116-53-55-118-57-59-120-61-62-121-60-58-119-56-54-117-52-50-115-48-46-113-44-42-111-40-38-109-36-34-98(32-12-10-8-2)122-67-74-15-13-29-95(63-74)65-82(101)89-84-70(3)17-27-80(72(84)5)123(104,105)93-78-23-19-76(20-24-78)91-87-68-99/h13-30,63-64,68-69,91-94H,7-12,31-62,65-67H2,1-6H3,(H2-2,87,88,89,90,99,100,101,102)/p+2.